The molecular formula is C15H15NO4. The number of ether oxygens (including phenoxy) is 1. The molecule has 1 aromatic heterocycles. The van der Waals surface area contributed by atoms with Crippen LogP contribution in [0.1, 0.15) is 35.8 Å². The maximum Gasteiger partial charge on any atom is 0.345 e. The molecular weight excluding hydrogens is 258 g/mol. The minimum absolute atomic E-state index is 0.237. The molecule has 0 spiro atoms. The van der Waals surface area contributed by atoms with Gasteiger partial charge in [0.25, 0.3) is 0 Å². The first-order valence-corrected chi connectivity index (χ1v) is 6.37. The van der Waals surface area contributed by atoms with Gasteiger partial charge in [-0.3, -0.25) is 4.79 Å². The third-order valence-corrected chi connectivity index (χ3v) is 2.79. The zero-order valence-electron chi connectivity index (χ0n) is 11.4. The molecule has 2 aromatic rings. The third-order valence-electron chi connectivity index (χ3n) is 2.79. The number of benzene rings is 1. The Labute approximate surface area is 116 Å². The summed E-state index contributed by atoms with van der Waals surface area (Å²) in [5.41, 5.74) is 1.92. The van der Waals surface area contributed by atoms with Crippen LogP contribution in [0.25, 0.3) is 11.3 Å². The fraction of sp³-hybridized carbons (Fsp3) is 0.267. The molecule has 0 bridgehead atoms. The van der Waals surface area contributed by atoms with Gasteiger partial charge in [-0.15, -0.1) is 0 Å². The van der Waals surface area contributed by atoms with Crippen molar-refractivity contribution >= 4 is 11.9 Å². The molecule has 2 rings (SSSR count). The molecule has 1 heterocycles. The number of hydrogen-bond acceptors (Lipinski definition) is 5. The number of carbonyl (C=O) groups excluding carboxylic acids is 2. The minimum Gasteiger partial charge on any atom is -0.443 e. The van der Waals surface area contributed by atoms with Gasteiger partial charge < -0.3 is 9.15 Å². The summed E-state index contributed by atoms with van der Waals surface area (Å²) in [4.78, 5) is 27.0. The van der Waals surface area contributed by atoms with Gasteiger partial charge in [-0.25, -0.2) is 9.78 Å². The van der Waals surface area contributed by atoms with Crippen LogP contribution in [-0.4, -0.2) is 16.9 Å². The van der Waals surface area contributed by atoms with Crippen molar-refractivity contribution in [1.29, 1.82) is 0 Å². The Morgan fingerprint density at radius 2 is 1.95 bits per heavy atom. The van der Waals surface area contributed by atoms with Crippen molar-refractivity contribution in [2.75, 3.05) is 0 Å². The van der Waals surface area contributed by atoms with Gasteiger partial charge in [-0.1, -0.05) is 19.1 Å². The molecule has 20 heavy (non-hydrogen) atoms. The first-order valence-electron chi connectivity index (χ1n) is 6.37. The van der Waals surface area contributed by atoms with Crippen molar-refractivity contribution in [2.24, 2.45) is 0 Å². The lowest BCUT2D eigenvalue weighted by atomic mass is 10.1. The van der Waals surface area contributed by atoms with Crippen LogP contribution in [0.15, 0.2) is 35.1 Å². The number of carbonyl (C=O) groups is 2. The van der Waals surface area contributed by atoms with Crippen LogP contribution >= 0.6 is 0 Å². The van der Waals surface area contributed by atoms with Crippen LogP contribution in [0.5, 0.6) is 0 Å². The van der Waals surface area contributed by atoms with Gasteiger partial charge in [-0.05, 0) is 25.5 Å². The average molecular weight is 273 g/mol. The molecule has 0 aliphatic carbocycles. The van der Waals surface area contributed by atoms with E-state index in [1.165, 1.54) is 6.39 Å². The standard InChI is InChI=1S/C15H15NO4/c1-3-4-13(17)20-15(18)12-7-5-11(6-8-12)14-10(2)16-9-19-14/h5-9H,3-4H2,1-2H3. The van der Waals surface area contributed by atoms with Gasteiger partial charge in [-0.2, -0.15) is 0 Å². The van der Waals surface area contributed by atoms with Gasteiger partial charge in [0.05, 0.1) is 11.3 Å². The van der Waals surface area contributed by atoms with Gasteiger partial charge in [0.15, 0.2) is 12.2 Å². The predicted molar refractivity (Wildman–Crippen MR) is 72.0 cm³/mol. The highest BCUT2D eigenvalue weighted by molar-refractivity contribution is 5.97. The summed E-state index contributed by atoms with van der Waals surface area (Å²) in [5, 5.41) is 0. The highest BCUT2D eigenvalue weighted by atomic mass is 16.6. The lowest BCUT2D eigenvalue weighted by molar-refractivity contribution is -0.137. The molecule has 0 aliphatic rings. The maximum absolute atomic E-state index is 11.7. The molecule has 5 heteroatoms. The third kappa shape index (κ3) is 3.12. The molecule has 104 valence electrons. The number of rotatable bonds is 4. The number of esters is 2. The first-order chi connectivity index (χ1) is 9.61. The van der Waals surface area contributed by atoms with Crippen LogP contribution in [-0.2, 0) is 9.53 Å². The maximum atomic E-state index is 11.7. The number of nitrogens with zero attached hydrogens (tertiary/aromatic N) is 1. The van der Waals surface area contributed by atoms with Crippen molar-refractivity contribution in [3.63, 3.8) is 0 Å². The minimum atomic E-state index is -0.635. The monoisotopic (exact) mass is 273 g/mol. The molecule has 0 radical (unpaired) electrons. The Morgan fingerprint density at radius 1 is 1.25 bits per heavy atom. The summed E-state index contributed by atoms with van der Waals surface area (Å²) in [6.07, 6.45) is 2.26. The van der Waals surface area contributed by atoms with Gasteiger partial charge in [0.1, 0.15) is 0 Å². The molecule has 0 saturated carbocycles. The van der Waals surface area contributed by atoms with E-state index in [1.54, 1.807) is 24.3 Å². The molecule has 0 N–H and O–H groups in total. The molecule has 0 saturated heterocycles. The Bertz CT molecular complexity index is 613. The van der Waals surface area contributed by atoms with E-state index < -0.39 is 11.9 Å². The van der Waals surface area contributed by atoms with Gasteiger partial charge in [0.2, 0.25) is 0 Å². The van der Waals surface area contributed by atoms with Crippen molar-refractivity contribution in [3.8, 4) is 11.3 Å². The summed E-state index contributed by atoms with van der Waals surface area (Å²) in [7, 11) is 0. The molecule has 0 amide bonds. The largest absolute Gasteiger partial charge is 0.443 e. The number of aromatic nitrogens is 1. The lowest BCUT2D eigenvalue weighted by Crippen LogP contribution is -2.11. The van der Waals surface area contributed by atoms with Gasteiger partial charge >= 0.3 is 11.9 Å². The molecule has 1 aromatic carbocycles. The topological polar surface area (TPSA) is 69.4 Å². The highest BCUT2D eigenvalue weighted by Gasteiger charge is 2.13. The van der Waals surface area contributed by atoms with Crippen LogP contribution < -0.4 is 0 Å². The summed E-state index contributed by atoms with van der Waals surface area (Å²) in [6, 6.07) is 6.65. The predicted octanol–water partition coefficient (Wildman–Crippen LogP) is 3.13. The Morgan fingerprint density at radius 3 is 2.50 bits per heavy atom. The number of hydrogen-bond donors (Lipinski definition) is 0. The SMILES string of the molecule is CCCC(=O)OC(=O)c1ccc(-c2ocnc2C)cc1. The van der Waals surface area contributed by atoms with Gasteiger partial charge in [0, 0.05) is 12.0 Å². The van der Waals surface area contributed by atoms with E-state index in [0.717, 1.165) is 11.3 Å². The molecule has 0 aliphatic heterocycles. The zero-order chi connectivity index (χ0) is 14.5. The van der Waals surface area contributed by atoms with E-state index in [9.17, 15) is 9.59 Å². The molecule has 0 atom stereocenters. The van der Waals surface area contributed by atoms with E-state index in [4.69, 9.17) is 9.15 Å². The van der Waals surface area contributed by atoms with Crippen LogP contribution in [0.2, 0.25) is 0 Å². The summed E-state index contributed by atoms with van der Waals surface area (Å²) >= 11 is 0. The highest BCUT2D eigenvalue weighted by Crippen LogP contribution is 2.22. The van der Waals surface area contributed by atoms with E-state index in [-0.39, 0.29) is 6.42 Å². The molecule has 0 fully saturated rings. The second-order valence-corrected chi connectivity index (χ2v) is 4.36. The van der Waals surface area contributed by atoms with E-state index in [0.29, 0.717) is 17.7 Å². The van der Waals surface area contributed by atoms with Crippen LogP contribution in [0.4, 0.5) is 0 Å². The summed E-state index contributed by atoms with van der Waals surface area (Å²) < 4.78 is 9.98. The van der Waals surface area contributed by atoms with Crippen molar-refractivity contribution in [1.82, 2.24) is 4.98 Å². The zero-order valence-corrected chi connectivity index (χ0v) is 11.4. The average Bonchev–Trinajstić information content (AvgIpc) is 2.85. The Balaban J connectivity index is 2.10. The van der Waals surface area contributed by atoms with Crippen molar-refractivity contribution < 1.29 is 18.7 Å². The van der Waals surface area contributed by atoms with Crippen molar-refractivity contribution in [2.45, 2.75) is 26.7 Å². The van der Waals surface area contributed by atoms with Crippen LogP contribution in [0.3, 0.4) is 0 Å². The first kappa shape index (κ1) is 14.0. The normalized spacial score (nSPS) is 10.3. The second-order valence-electron chi connectivity index (χ2n) is 4.36. The lowest BCUT2D eigenvalue weighted by Gasteiger charge is -2.03. The summed E-state index contributed by atoms with van der Waals surface area (Å²) in [6.45, 7) is 3.69. The van der Waals surface area contributed by atoms with Crippen molar-refractivity contribution in [3.05, 3.63) is 41.9 Å². The molecule has 0 unspecified atom stereocenters. The van der Waals surface area contributed by atoms with E-state index >= 15 is 0 Å². The van der Waals surface area contributed by atoms with E-state index in [1.807, 2.05) is 13.8 Å². The quantitative estimate of drug-likeness (QED) is 0.632. The second kappa shape index (κ2) is 6.14. The Hall–Kier alpha value is -2.43. The molecule has 5 nitrogen and oxygen atoms in total. The fourth-order valence-corrected chi connectivity index (χ4v) is 1.75. The number of aryl methyl sites for hydroxylation is 1. The smallest absolute Gasteiger partial charge is 0.345 e. The van der Waals surface area contributed by atoms with E-state index in [2.05, 4.69) is 4.98 Å². The summed E-state index contributed by atoms with van der Waals surface area (Å²) in [5.74, 6) is -0.482. The van der Waals surface area contributed by atoms with Crippen LogP contribution in [0, 0.1) is 6.92 Å². The number of oxazole rings is 1. The Kier molecular flexibility index (Phi) is 4.30. The fourth-order valence-electron chi connectivity index (χ4n) is 1.75.